The standard InChI is InChI=1S/C22H31NO8SSi/c1-13-8-10-15(11-9-13)32(25,26)27-12-16-17(18-20(28-16)31-21(3,4)29-18)30-22(33(5,6)7)14(2)19(24)23-22/h8-11,16-18,20H,2,12H2,1,3-7H3,(H,23,24)/t16-,17+,18-,20-,22-/m1/s1. The van der Waals surface area contributed by atoms with Crippen LogP contribution in [0.4, 0.5) is 0 Å². The fraction of sp³-hybridized carbons (Fsp3) is 0.591. The van der Waals surface area contributed by atoms with Gasteiger partial charge in [-0.15, -0.1) is 0 Å². The van der Waals surface area contributed by atoms with Crippen LogP contribution in [-0.2, 0) is 38.0 Å². The van der Waals surface area contributed by atoms with Gasteiger partial charge in [-0.2, -0.15) is 8.42 Å². The third-order valence-corrected chi connectivity index (χ3v) is 10.1. The highest BCUT2D eigenvalue weighted by Crippen LogP contribution is 2.44. The molecule has 11 heteroatoms. The molecule has 1 N–H and O–H groups in total. The second kappa shape index (κ2) is 7.97. The van der Waals surface area contributed by atoms with E-state index in [0.717, 1.165) is 5.56 Å². The molecule has 0 spiro atoms. The Morgan fingerprint density at radius 3 is 2.33 bits per heavy atom. The Labute approximate surface area is 195 Å². The third-order valence-electron chi connectivity index (χ3n) is 6.14. The van der Waals surface area contributed by atoms with Crippen molar-refractivity contribution < 1.29 is 36.3 Å². The third kappa shape index (κ3) is 4.31. The van der Waals surface area contributed by atoms with Crippen molar-refractivity contribution in [1.29, 1.82) is 0 Å². The number of hydrogen-bond acceptors (Lipinski definition) is 8. The minimum absolute atomic E-state index is 0.0515. The van der Waals surface area contributed by atoms with E-state index in [0.29, 0.717) is 5.57 Å². The summed E-state index contributed by atoms with van der Waals surface area (Å²) in [4.78, 5) is 12.1. The number of benzene rings is 1. The molecule has 9 nitrogen and oxygen atoms in total. The van der Waals surface area contributed by atoms with Crippen LogP contribution in [0.3, 0.4) is 0 Å². The second-order valence-electron chi connectivity index (χ2n) is 10.1. The fourth-order valence-electron chi connectivity index (χ4n) is 4.28. The van der Waals surface area contributed by atoms with Crippen LogP contribution >= 0.6 is 0 Å². The van der Waals surface area contributed by atoms with Gasteiger partial charge in [-0.25, -0.2) is 0 Å². The summed E-state index contributed by atoms with van der Waals surface area (Å²) in [6.07, 6.45) is -2.96. The summed E-state index contributed by atoms with van der Waals surface area (Å²) < 4.78 is 55.1. The molecular weight excluding hydrogens is 466 g/mol. The van der Waals surface area contributed by atoms with Crippen molar-refractivity contribution in [3.05, 3.63) is 42.0 Å². The number of fused-ring (bicyclic) bond motifs is 1. The van der Waals surface area contributed by atoms with Crippen LogP contribution < -0.4 is 5.32 Å². The average molecular weight is 498 g/mol. The van der Waals surface area contributed by atoms with Gasteiger partial charge in [0.1, 0.15) is 26.4 Å². The predicted octanol–water partition coefficient (Wildman–Crippen LogP) is 2.22. The molecule has 0 saturated carbocycles. The van der Waals surface area contributed by atoms with E-state index < -0.39 is 53.9 Å². The molecule has 1 amide bonds. The van der Waals surface area contributed by atoms with E-state index in [9.17, 15) is 13.2 Å². The number of carbonyl (C=O) groups is 1. The number of rotatable bonds is 7. The number of amides is 1. The SMILES string of the molecule is C=C1C(=O)N[C@]1(O[C@@H]1[C@H]2OC(C)(C)O[C@H]2O[C@@H]1COS(=O)(=O)c1ccc(C)cc1)[Si](C)(C)C. The van der Waals surface area contributed by atoms with Crippen LogP contribution in [-0.4, -0.2) is 64.7 Å². The van der Waals surface area contributed by atoms with Gasteiger partial charge < -0.3 is 24.3 Å². The highest BCUT2D eigenvalue weighted by molar-refractivity contribution is 7.86. The van der Waals surface area contributed by atoms with Gasteiger partial charge in [0.05, 0.1) is 17.1 Å². The van der Waals surface area contributed by atoms with Gasteiger partial charge in [-0.1, -0.05) is 43.9 Å². The predicted molar refractivity (Wildman–Crippen MR) is 121 cm³/mol. The molecule has 33 heavy (non-hydrogen) atoms. The van der Waals surface area contributed by atoms with Crippen molar-refractivity contribution in [2.45, 2.75) is 81.0 Å². The van der Waals surface area contributed by atoms with E-state index >= 15 is 0 Å². The minimum atomic E-state index is -4.01. The van der Waals surface area contributed by atoms with Crippen LogP contribution in [0.25, 0.3) is 0 Å². The topological polar surface area (TPSA) is 109 Å². The van der Waals surface area contributed by atoms with Gasteiger partial charge in [0.15, 0.2) is 17.4 Å². The zero-order valence-electron chi connectivity index (χ0n) is 19.7. The Kier molecular flexibility index (Phi) is 5.92. The molecule has 3 heterocycles. The van der Waals surface area contributed by atoms with Gasteiger partial charge in [0.25, 0.3) is 16.0 Å². The Balaban J connectivity index is 1.57. The van der Waals surface area contributed by atoms with E-state index in [1.54, 1.807) is 26.0 Å². The molecule has 3 saturated heterocycles. The number of hydrogen-bond donors (Lipinski definition) is 1. The van der Waals surface area contributed by atoms with E-state index in [-0.39, 0.29) is 17.4 Å². The average Bonchev–Trinajstić information content (AvgIpc) is 3.16. The van der Waals surface area contributed by atoms with E-state index in [4.69, 9.17) is 23.1 Å². The van der Waals surface area contributed by atoms with E-state index in [1.807, 2.05) is 26.6 Å². The molecule has 3 aliphatic heterocycles. The van der Waals surface area contributed by atoms with Crippen LogP contribution in [0.15, 0.2) is 41.3 Å². The molecule has 3 aliphatic rings. The molecule has 0 unspecified atom stereocenters. The summed E-state index contributed by atoms with van der Waals surface area (Å²) in [5.41, 5.74) is 1.28. The Hall–Kier alpha value is -1.60. The van der Waals surface area contributed by atoms with Gasteiger partial charge in [0, 0.05) is 0 Å². The highest BCUT2D eigenvalue weighted by atomic mass is 32.2. The number of ether oxygens (including phenoxy) is 4. The molecular formula is C22H31NO8SSi. The molecule has 3 fully saturated rings. The van der Waals surface area contributed by atoms with Crippen molar-refractivity contribution >= 4 is 24.1 Å². The lowest BCUT2D eigenvalue weighted by atomic mass is 10.1. The van der Waals surface area contributed by atoms with Gasteiger partial charge in [0.2, 0.25) is 0 Å². The lowest BCUT2D eigenvalue weighted by molar-refractivity contribution is -0.228. The largest absolute Gasteiger partial charge is 0.346 e. The van der Waals surface area contributed by atoms with Crippen molar-refractivity contribution in [2.24, 2.45) is 0 Å². The number of carbonyl (C=O) groups excluding carboxylic acids is 1. The molecule has 4 rings (SSSR count). The van der Waals surface area contributed by atoms with Crippen LogP contribution in [0, 0.1) is 6.92 Å². The van der Waals surface area contributed by atoms with E-state index in [1.165, 1.54) is 12.1 Å². The van der Waals surface area contributed by atoms with Gasteiger partial charge in [-0.3, -0.25) is 8.98 Å². The molecule has 1 aromatic rings. The van der Waals surface area contributed by atoms with Crippen LogP contribution in [0.1, 0.15) is 19.4 Å². The van der Waals surface area contributed by atoms with Gasteiger partial charge in [-0.05, 0) is 32.9 Å². The molecule has 182 valence electrons. The summed E-state index contributed by atoms with van der Waals surface area (Å²) in [6.45, 7) is 15.2. The molecule has 0 bridgehead atoms. The first-order chi connectivity index (χ1) is 15.2. The van der Waals surface area contributed by atoms with Crippen molar-refractivity contribution in [1.82, 2.24) is 5.32 Å². The first-order valence-corrected chi connectivity index (χ1v) is 15.7. The van der Waals surface area contributed by atoms with E-state index in [2.05, 4.69) is 11.9 Å². The number of aryl methyl sites for hydroxylation is 1. The maximum atomic E-state index is 12.7. The zero-order chi connectivity index (χ0) is 24.4. The maximum absolute atomic E-state index is 12.7. The number of nitrogens with one attached hydrogen (secondary N) is 1. The lowest BCUT2D eigenvalue weighted by Crippen LogP contribution is -2.77. The number of β-lactam (4-membered cyclic amide) rings is 1. The van der Waals surface area contributed by atoms with Crippen molar-refractivity contribution in [3.63, 3.8) is 0 Å². The zero-order valence-corrected chi connectivity index (χ0v) is 21.5. The first-order valence-electron chi connectivity index (χ1n) is 10.8. The fourth-order valence-corrected chi connectivity index (χ4v) is 7.20. The molecule has 0 aromatic heterocycles. The summed E-state index contributed by atoms with van der Waals surface area (Å²) in [5.74, 6) is -1.17. The Morgan fingerprint density at radius 2 is 1.79 bits per heavy atom. The van der Waals surface area contributed by atoms with Crippen molar-refractivity contribution in [3.8, 4) is 0 Å². The Morgan fingerprint density at radius 1 is 1.15 bits per heavy atom. The highest BCUT2D eigenvalue weighted by Gasteiger charge is 2.63. The van der Waals surface area contributed by atoms with Gasteiger partial charge >= 0.3 is 0 Å². The molecule has 0 radical (unpaired) electrons. The lowest BCUT2D eigenvalue weighted by Gasteiger charge is -2.53. The van der Waals surface area contributed by atoms with Crippen molar-refractivity contribution in [2.75, 3.05) is 6.61 Å². The molecule has 1 aromatic carbocycles. The first kappa shape index (κ1) is 24.5. The summed E-state index contributed by atoms with van der Waals surface area (Å²) in [7, 11) is -6.20. The Bertz CT molecular complexity index is 1060. The second-order valence-corrected chi connectivity index (χ2v) is 17.0. The normalized spacial score (nSPS) is 33.5. The van der Waals surface area contributed by atoms with Crippen LogP contribution in [0.5, 0.6) is 0 Å². The quantitative estimate of drug-likeness (QED) is 0.264. The summed E-state index contributed by atoms with van der Waals surface area (Å²) in [5, 5.41) is 1.86. The molecule has 5 atom stereocenters. The summed E-state index contributed by atoms with van der Waals surface area (Å²) >= 11 is 0. The molecule has 0 aliphatic carbocycles. The van der Waals surface area contributed by atoms with Crippen LogP contribution in [0.2, 0.25) is 19.6 Å². The maximum Gasteiger partial charge on any atom is 0.297 e. The monoisotopic (exact) mass is 497 g/mol. The minimum Gasteiger partial charge on any atom is -0.346 e. The smallest absolute Gasteiger partial charge is 0.297 e. The summed E-state index contributed by atoms with van der Waals surface area (Å²) in [6, 6.07) is 6.38.